The summed E-state index contributed by atoms with van der Waals surface area (Å²) in [6.45, 7) is 2.25. The molecule has 3 aromatic rings. The van der Waals surface area contributed by atoms with Crippen molar-refractivity contribution in [3.05, 3.63) is 59.4 Å². The average Bonchev–Trinajstić information content (AvgIpc) is 2.95. The molecule has 0 aliphatic carbocycles. The molecule has 1 saturated heterocycles. The first-order valence-electron chi connectivity index (χ1n) is 8.24. The summed E-state index contributed by atoms with van der Waals surface area (Å²) in [7, 11) is 0. The Bertz CT molecular complexity index is 801. The van der Waals surface area contributed by atoms with Gasteiger partial charge in [-0.2, -0.15) is 0 Å². The molecular weight excluding hydrogens is 306 g/mol. The first-order chi connectivity index (χ1) is 11.3. The van der Waals surface area contributed by atoms with Crippen LogP contribution in [0.1, 0.15) is 18.5 Å². The van der Waals surface area contributed by atoms with Gasteiger partial charge in [0.1, 0.15) is 5.65 Å². The molecule has 1 aromatic carbocycles. The fraction of sp³-hybridized carbons (Fsp3) is 0.316. The molecule has 0 bridgehead atoms. The van der Waals surface area contributed by atoms with Gasteiger partial charge in [0, 0.05) is 16.8 Å². The normalized spacial score (nSPS) is 16.0. The number of pyridine rings is 1. The largest absolute Gasteiger partial charge is 0.317 e. The summed E-state index contributed by atoms with van der Waals surface area (Å²) in [4.78, 5) is 4.88. The van der Waals surface area contributed by atoms with E-state index in [9.17, 15) is 0 Å². The molecule has 0 radical (unpaired) electrons. The van der Waals surface area contributed by atoms with E-state index in [0.717, 1.165) is 47.4 Å². The van der Waals surface area contributed by atoms with Crippen molar-refractivity contribution in [1.82, 2.24) is 14.7 Å². The van der Waals surface area contributed by atoms with Crippen molar-refractivity contribution in [2.24, 2.45) is 5.92 Å². The summed E-state index contributed by atoms with van der Waals surface area (Å²) >= 11 is 6.04. The molecule has 2 aromatic heterocycles. The van der Waals surface area contributed by atoms with Crippen molar-refractivity contribution in [2.45, 2.75) is 19.3 Å². The Labute approximate surface area is 141 Å². The van der Waals surface area contributed by atoms with Gasteiger partial charge in [-0.05, 0) is 62.5 Å². The van der Waals surface area contributed by atoms with Crippen LogP contribution in [0.4, 0.5) is 0 Å². The molecule has 0 saturated carbocycles. The summed E-state index contributed by atoms with van der Waals surface area (Å²) in [6, 6.07) is 14.2. The molecule has 0 atom stereocenters. The lowest BCUT2D eigenvalue weighted by molar-refractivity contribution is 0.370. The number of piperidine rings is 1. The first-order valence-corrected chi connectivity index (χ1v) is 8.62. The number of hydrogen-bond acceptors (Lipinski definition) is 2. The van der Waals surface area contributed by atoms with Crippen molar-refractivity contribution < 1.29 is 0 Å². The number of nitrogens with zero attached hydrogens (tertiary/aromatic N) is 2. The molecule has 0 amide bonds. The van der Waals surface area contributed by atoms with Gasteiger partial charge < -0.3 is 9.72 Å². The van der Waals surface area contributed by atoms with Crippen molar-refractivity contribution in [1.29, 1.82) is 0 Å². The van der Waals surface area contributed by atoms with Gasteiger partial charge >= 0.3 is 0 Å². The Balaban J connectivity index is 1.79. The predicted molar refractivity (Wildman–Crippen MR) is 94.9 cm³/mol. The second-order valence-electron chi connectivity index (χ2n) is 6.24. The molecular formula is C19H20ClN3. The molecule has 118 valence electrons. The highest BCUT2D eigenvalue weighted by molar-refractivity contribution is 6.30. The molecule has 4 rings (SSSR count). The van der Waals surface area contributed by atoms with Crippen molar-refractivity contribution >= 4 is 17.2 Å². The molecule has 1 N–H and O–H groups in total. The average molecular weight is 326 g/mol. The minimum atomic E-state index is 0.724. The highest BCUT2D eigenvalue weighted by Gasteiger charge is 2.20. The van der Waals surface area contributed by atoms with E-state index in [1.54, 1.807) is 0 Å². The van der Waals surface area contributed by atoms with E-state index in [2.05, 4.69) is 40.2 Å². The molecule has 3 heterocycles. The zero-order valence-electron chi connectivity index (χ0n) is 13.0. The lowest BCUT2D eigenvalue weighted by Crippen LogP contribution is -2.29. The van der Waals surface area contributed by atoms with Gasteiger partial charge in [-0.25, -0.2) is 4.98 Å². The number of rotatable bonds is 3. The minimum absolute atomic E-state index is 0.724. The van der Waals surface area contributed by atoms with Gasteiger partial charge in [0.2, 0.25) is 0 Å². The number of benzene rings is 1. The van der Waals surface area contributed by atoms with Crippen LogP contribution in [0.5, 0.6) is 0 Å². The van der Waals surface area contributed by atoms with E-state index in [-0.39, 0.29) is 0 Å². The van der Waals surface area contributed by atoms with Gasteiger partial charge in [0.15, 0.2) is 0 Å². The molecule has 3 nitrogen and oxygen atoms in total. The maximum absolute atomic E-state index is 6.04. The molecule has 23 heavy (non-hydrogen) atoms. The predicted octanol–water partition coefficient (Wildman–Crippen LogP) is 4.20. The summed E-state index contributed by atoms with van der Waals surface area (Å²) in [5.74, 6) is 0.724. The van der Waals surface area contributed by atoms with Crippen molar-refractivity contribution in [3.63, 3.8) is 0 Å². The second-order valence-corrected chi connectivity index (χ2v) is 6.68. The zero-order valence-corrected chi connectivity index (χ0v) is 13.8. The van der Waals surface area contributed by atoms with E-state index < -0.39 is 0 Å². The van der Waals surface area contributed by atoms with Crippen LogP contribution in [0, 0.1) is 5.92 Å². The lowest BCUT2D eigenvalue weighted by Gasteiger charge is -2.22. The van der Waals surface area contributed by atoms with Gasteiger partial charge in [0.05, 0.1) is 11.4 Å². The zero-order chi connectivity index (χ0) is 15.6. The highest BCUT2D eigenvalue weighted by atomic mass is 35.5. The Kier molecular flexibility index (Phi) is 4.06. The Morgan fingerprint density at radius 2 is 1.87 bits per heavy atom. The topological polar surface area (TPSA) is 29.3 Å². The number of nitrogens with one attached hydrogen (secondary N) is 1. The summed E-state index contributed by atoms with van der Waals surface area (Å²) in [5.41, 5.74) is 4.56. The number of fused-ring (bicyclic) bond motifs is 1. The fourth-order valence-electron chi connectivity index (χ4n) is 3.44. The minimum Gasteiger partial charge on any atom is -0.317 e. The van der Waals surface area contributed by atoms with E-state index in [0.29, 0.717) is 0 Å². The molecule has 1 fully saturated rings. The van der Waals surface area contributed by atoms with E-state index in [1.807, 2.05) is 18.2 Å². The second kappa shape index (κ2) is 6.34. The first kappa shape index (κ1) is 14.7. The smallest absolute Gasteiger partial charge is 0.137 e. The van der Waals surface area contributed by atoms with Crippen LogP contribution in [0.15, 0.2) is 48.7 Å². The molecule has 1 aliphatic rings. The summed E-state index contributed by atoms with van der Waals surface area (Å²) in [5, 5.41) is 4.21. The summed E-state index contributed by atoms with van der Waals surface area (Å²) < 4.78 is 2.24. The van der Waals surface area contributed by atoms with E-state index in [4.69, 9.17) is 16.6 Å². The third-order valence-corrected chi connectivity index (χ3v) is 4.94. The van der Waals surface area contributed by atoms with Gasteiger partial charge in [-0.15, -0.1) is 0 Å². The molecule has 0 unspecified atom stereocenters. The number of hydrogen-bond donors (Lipinski definition) is 1. The third kappa shape index (κ3) is 2.99. The number of aromatic nitrogens is 2. The van der Waals surface area contributed by atoms with Crippen LogP contribution >= 0.6 is 11.6 Å². The monoisotopic (exact) mass is 325 g/mol. The maximum Gasteiger partial charge on any atom is 0.137 e. The van der Waals surface area contributed by atoms with Crippen LogP contribution in [0.3, 0.4) is 0 Å². The molecule has 1 aliphatic heterocycles. The quantitative estimate of drug-likeness (QED) is 0.782. The number of imidazole rings is 1. The van der Waals surface area contributed by atoms with Gasteiger partial charge in [0.25, 0.3) is 0 Å². The van der Waals surface area contributed by atoms with Crippen molar-refractivity contribution in [2.75, 3.05) is 13.1 Å². The van der Waals surface area contributed by atoms with E-state index >= 15 is 0 Å². The van der Waals surface area contributed by atoms with Crippen molar-refractivity contribution in [3.8, 4) is 11.3 Å². The van der Waals surface area contributed by atoms with Crippen LogP contribution in [0.2, 0.25) is 5.02 Å². The standard InChI is InChI=1S/C19H20ClN3/c20-16-6-4-15(5-7-16)19-17(13-14-8-10-21-11-9-14)23-12-2-1-3-18(23)22-19/h1-7,12,14,21H,8-11,13H2. The molecule has 0 spiro atoms. The third-order valence-electron chi connectivity index (χ3n) is 4.69. The Morgan fingerprint density at radius 1 is 1.09 bits per heavy atom. The summed E-state index contributed by atoms with van der Waals surface area (Å²) in [6.07, 6.45) is 5.67. The van der Waals surface area contributed by atoms with Crippen LogP contribution in [-0.4, -0.2) is 22.5 Å². The van der Waals surface area contributed by atoms with Gasteiger partial charge in [-0.1, -0.05) is 29.8 Å². The Morgan fingerprint density at radius 3 is 2.65 bits per heavy atom. The maximum atomic E-state index is 6.04. The van der Waals surface area contributed by atoms with E-state index in [1.165, 1.54) is 18.5 Å². The lowest BCUT2D eigenvalue weighted by atomic mass is 9.92. The van der Waals surface area contributed by atoms with Crippen LogP contribution in [0.25, 0.3) is 16.9 Å². The van der Waals surface area contributed by atoms with Crippen LogP contribution < -0.4 is 5.32 Å². The SMILES string of the molecule is Clc1ccc(-c2nc3ccccn3c2CC2CCNCC2)cc1. The molecule has 4 heteroatoms. The fourth-order valence-corrected chi connectivity index (χ4v) is 3.57. The van der Waals surface area contributed by atoms with Gasteiger partial charge in [-0.3, -0.25) is 0 Å². The Hall–Kier alpha value is -1.84. The number of halogens is 1. The van der Waals surface area contributed by atoms with Crippen LogP contribution in [-0.2, 0) is 6.42 Å². The highest BCUT2D eigenvalue weighted by Crippen LogP contribution is 2.29.